The van der Waals surface area contributed by atoms with Gasteiger partial charge >= 0.3 is 0 Å². The third-order valence-corrected chi connectivity index (χ3v) is 6.11. The summed E-state index contributed by atoms with van der Waals surface area (Å²) in [6, 6.07) is 1.43. The highest BCUT2D eigenvalue weighted by Crippen LogP contribution is 2.39. The van der Waals surface area contributed by atoms with Crippen molar-refractivity contribution in [3.05, 3.63) is 0 Å². The Bertz CT molecular complexity index is 346. The minimum absolute atomic E-state index is 0.459. The van der Waals surface area contributed by atoms with Crippen molar-refractivity contribution in [2.24, 2.45) is 17.8 Å². The van der Waals surface area contributed by atoms with Crippen molar-refractivity contribution < 1.29 is 4.79 Å². The van der Waals surface area contributed by atoms with Gasteiger partial charge in [0.25, 0.3) is 0 Å². The number of nitrogens with zero attached hydrogens (tertiary/aromatic N) is 1. The van der Waals surface area contributed by atoms with Crippen molar-refractivity contribution in [1.29, 1.82) is 0 Å². The van der Waals surface area contributed by atoms with E-state index in [9.17, 15) is 4.79 Å². The molecule has 2 bridgehead atoms. The molecule has 0 radical (unpaired) electrons. The number of carbonyl (C=O) groups excluding carboxylic acids is 1. The molecule has 3 heteroatoms. The Hall–Kier alpha value is -0.570. The molecule has 1 amide bonds. The normalized spacial score (nSPS) is 44.6. The first-order chi connectivity index (χ1) is 9.28. The van der Waals surface area contributed by atoms with Gasteiger partial charge in [-0.05, 0) is 56.3 Å². The summed E-state index contributed by atoms with van der Waals surface area (Å²) in [5, 5.41) is 3.67. The van der Waals surface area contributed by atoms with Crippen LogP contribution in [0, 0.1) is 17.8 Å². The van der Waals surface area contributed by atoms with Crippen LogP contribution in [0.2, 0.25) is 0 Å². The van der Waals surface area contributed by atoms with Crippen LogP contribution in [0.25, 0.3) is 0 Å². The van der Waals surface area contributed by atoms with Gasteiger partial charge in [-0.15, -0.1) is 0 Å². The maximum atomic E-state index is 12.5. The van der Waals surface area contributed by atoms with E-state index >= 15 is 0 Å². The molecule has 1 aliphatic carbocycles. The molecule has 4 rings (SSSR count). The van der Waals surface area contributed by atoms with Crippen molar-refractivity contribution in [3.8, 4) is 0 Å². The zero-order valence-electron chi connectivity index (χ0n) is 11.8. The standard InChI is InChI=1S/C16H26N2O/c19-16(18-9-12-2-1-3-13(12)10-18)8-11-6-14-4-5-15(7-11)17-14/h11-15,17H,1-10H2. The monoisotopic (exact) mass is 262 g/mol. The predicted octanol–water partition coefficient (Wildman–Crippen LogP) is 2.17. The lowest BCUT2D eigenvalue weighted by Crippen LogP contribution is -2.40. The first-order valence-electron chi connectivity index (χ1n) is 8.32. The Morgan fingerprint density at radius 1 is 1.00 bits per heavy atom. The lowest BCUT2D eigenvalue weighted by atomic mass is 9.89. The summed E-state index contributed by atoms with van der Waals surface area (Å²) in [7, 11) is 0. The largest absolute Gasteiger partial charge is 0.342 e. The number of fused-ring (bicyclic) bond motifs is 3. The van der Waals surface area contributed by atoms with E-state index in [4.69, 9.17) is 0 Å². The Labute approximate surface area is 116 Å². The molecule has 0 aromatic heterocycles. The molecule has 4 unspecified atom stereocenters. The van der Waals surface area contributed by atoms with Gasteiger partial charge in [-0.25, -0.2) is 0 Å². The number of rotatable bonds is 2. The predicted molar refractivity (Wildman–Crippen MR) is 74.7 cm³/mol. The van der Waals surface area contributed by atoms with E-state index in [-0.39, 0.29) is 0 Å². The maximum absolute atomic E-state index is 12.5. The van der Waals surface area contributed by atoms with Crippen LogP contribution in [0.1, 0.15) is 51.4 Å². The second-order valence-electron chi connectivity index (χ2n) is 7.43. The second kappa shape index (κ2) is 4.76. The Balaban J connectivity index is 1.32. The summed E-state index contributed by atoms with van der Waals surface area (Å²) in [6.45, 7) is 2.14. The summed E-state index contributed by atoms with van der Waals surface area (Å²) < 4.78 is 0. The summed E-state index contributed by atoms with van der Waals surface area (Å²) in [6.07, 6.45) is 10.1. The van der Waals surface area contributed by atoms with Gasteiger partial charge in [0, 0.05) is 31.6 Å². The minimum Gasteiger partial charge on any atom is -0.342 e. The highest BCUT2D eigenvalue weighted by Gasteiger charge is 2.39. The maximum Gasteiger partial charge on any atom is 0.222 e. The van der Waals surface area contributed by atoms with Crippen LogP contribution in [0.5, 0.6) is 0 Å². The number of hydrogen-bond donors (Lipinski definition) is 1. The lowest BCUT2D eigenvalue weighted by Gasteiger charge is -2.30. The Morgan fingerprint density at radius 2 is 1.63 bits per heavy atom. The number of hydrogen-bond acceptors (Lipinski definition) is 2. The molecular formula is C16H26N2O. The Kier molecular flexibility index (Phi) is 3.06. The number of nitrogens with one attached hydrogen (secondary N) is 1. The molecule has 1 saturated carbocycles. The smallest absolute Gasteiger partial charge is 0.222 e. The molecule has 3 heterocycles. The summed E-state index contributed by atoms with van der Waals surface area (Å²) >= 11 is 0. The fourth-order valence-corrected chi connectivity index (χ4v) is 5.16. The van der Waals surface area contributed by atoms with Crippen molar-refractivity contribution in [3.63, 3.8) is 0 Å². The third kappa shape index (κ3) is 2.31. The van der Waals surface area contributed by atoms with Gasteiger partial charge in [0.1, 0.15) is 0 Å². The van der Waals surface area contributed by atoms with Crippen LogP contribution < -0.4 is 5.32 Å². The van der Waals surface area contributed by atoms with Gasteiger partial charge in [0.2, 0.25) is 5.91 Å². The van der Waals surface area contributed by atoms with Crippen molar-refractivity contribution >= 4 is 5.91 Å². The molecule has 0 aromatic rings. The lowest BCUT2D eigenvalue weighted by molar-refractivity contribution is -0.131. The van der Waals surface area contributed by atoms with E-state index in [2.05, 4.69) is 10.2 Å². The van der Waals surface area contributed by atoms with E-state index in [1.807, 2.05) is 0 Å². The summed E-state index contributed by atoms with van der Waals surface area (Å²) in [5.41, 5.74) is 0. The molecule has 0 aromatic carbocycles. The van der Waals surface area contributed by atoms with Crippen LogP contribution in [-0.2, 0) is 4.79 Å². The van der Waals surface area contributed by atoms with Crippen molar-refractivity contribution in [2.45, 2.75) is 63.5 Å². The molecule has 106 valence electrons. The first-order valence-corrected chi connectivity index (χ1v) is 8.32. The van der Waals surface area contributed by atoms with Crippen molar-refractivity contribution in [1.82, 2.24) is 10.2 Å². The van der Waals surface area contributed by atoms with Gasteiger partial charge in [-0.2, -0.15) is 0 Å². The van der Waals surface area contributed by atoms with Gasteiger partial charge in [0.05, 0.1) is 0 Å². The van der Waals surface area contributed by atoms with Crippen LogP contribution in [0.3, 0.4) is 0 Å². The highest BCUT2D eigenvalue weighted by atomic mass is 16.2. The molecule has 3 saturated heterocycles. The molecule has 4 atom stereocenters. The average molecular weight is 262 g/mol. The average Bonchev–Trinajstić information content (AvgIpc) is 3.03. The van der Waals surface area contributed by atoms with Gasteiger partial charge < -0.3 is 10.2 Å². The molecular weight excluding hydrogens is 236 g/mol. The Morgan fingerprint density at radius 3 is 2.26 bits per heavy atom. The SMILES string of the molecule is O=C(CC1CC2CCC(C1)N2)N1CC2CCCC2C1. The minimum atomic E-state index is 0.459. The number of amides is 1. The van der Waals surface area contributed by atoms with Gasteiger partial charge in [-0.3, -0.25) is 4.79 Å². The van der Waals surface area contributed by atoms with E-state index in [1.54, 1.807) is 0 Å². The van der Waals surface area contributed by atoms with Crippen LogP contribution >= 0.6 is 0 Å². The fraction of sp³-hybridized carbons (Fsp3) is 0.938. The summed E-state index contributed by atoms with van der Waals surface area (Å²) in [4.78, 5) is 14.7. The topological polar surface area (TPSA) is 32.3 Å². The first kappa shape index (κ1) is 12.2. The number of piperidine rings is 1. The van der Waals surface area contributed by atoms with Crippen LogP contribution in [-0.4, -0.2) is 36.0 Å². The molecule has 1 N–H and O–H groups in total. The number of carbonyl (C=O) groups is 1. The van der Waals surface area contributed by atoms with Crippen LogP contribution in [0.15, 0.2) is 0 Å². The highest BCUT2D eigenvalue weighted by molar-refractivity contribution is 5.76. The van der Waals surface area contributed by atoms with Crippen LogP contribution in [0.4, 0.5) is 0 Å². The van der Waals surface area contributed by atoms with Gasteiger partial charge in [-0.1, -0.05) is 6.42 Å². The zero-order chi connectivity index (χ0) is 12.8. The second-order valence-corrected chi connectivity index (χ2v) is 7.43. The molecule has 4 aliphatic rings. The number of likely N-dealkylation sites (tertiary alicyclic amines) is 1. The fourth-order valence-electron chi connectivity index (χ4n) is 5.16. The van der Waals surface area contributed by atoms with E-state index < -0.39 is 0 Å². The molecule has 19 heavy (non-hydrogen) atoms. The third-order valence-electron chi connectivity index (χ3n) is 6.11. The summed E-state index contributed by atoms with van der Waals surface area (Å²) in [5.74, 6) is 2.80. The van der Waals surface area contributed by atoms with E-state index in [0.717, 1.165) is 43.4 Å². The molecule has 0 spiro atoms. The zero-order valence-corrected chi connectivity index (χ0v) is 11.8. The van der Waals surface area contributed by atoms with E-state index in [0.29, 0.717) is 11.8 Å². The van der Waals surface area contributed by atoms with Gasteiger partial charge in [0.15, 0.2) is 0 Å². The molecule has 3 aliphatic heterocycles. The van der Waals surface area contributed by atoms with Crippen molar-refractivity contribution in [2.75, 3.05) is 13.1 Å². The quantitative estimate of drug-likeness (QED) is 0.827. The van der Waals surface area contributed by atoms with E-state index in [1.165, 1.54) is 44.9 Å². The molecule has 3 nitrogen and oxygen atoms in total. The molecule has 4 fully saturated rings.